The summed E-state index contributed by atoms with van der Waals surface area (Å²) in [7, 11) is 1.69. The second kappa shape index (κ2) is 7.84. The van der Waals surface area contributed by atoms with E-state index in [4.69, 9.17) is 4.74 Å². The first-order valence-corrected chi connectivity index (χ1v) is 6.14. The van der Waals surface area contributed by atoms with Gasteiger partial charge in [-0.15, -0.1) is 0 Å². The fourth-order valence-electron chi connectivity index (χ4n) is 1.57. The molecule has 0 saturated carbocycles. The highest BCUT2D eigenvalue weighted by molar-refractivity contribution is 5.57. The normalized spacial score (nSPS) is 10.3. The van der Waals surface area contributed by atoms with E-state index in [0.717, 1.165) is 43.1 Å². The van der Waals surface area contributed by atoms with Gasteiger partial charge in [-0.25, -0.2) is 9.97 Å². The molecule has 0 aliphatic carbocycles. The van der Waals surface area contributed by atoms with E-state index < -0.39 is 0 Å². The number of hydrogen-bond donors (Lipinski definition) is 2. The van der Waals surface area contributed by atoms with Crippen molar-refractivity contribution < 1.29 is 4.74 Å². The summed E-state index contributed by atoms with van der Waals surface area (Å²) < 4.78 is 5.01. The van der Waals surface area contributed by atoms with Crippen LogP contribution < -0.4 is 10.6 Å². The van der Waals surface area contributed by atoms with Crippen LogP contribution in [0.5, 0.6) is 0 Å². The molecule has 0 aliphatic heterocycles. The molecular formula is C12H22N4O. The van der Waals surface area contributed by atoms with Crippen LogP contribution >= 0.6 is 0 Å². The van der Waals surface area contributed by atoms with E-state index in [1.807, 2.05) is 0 Å². The number of hydrogen-bond acceptors (Lipinski definition) is 5. The molecule has 17 heavy (non-hydrogen) atoms. The summed E-state index contributed by atoms with van der Waals surface area (Å²) in [4.78, 5) is 8.55. The van der Waals surface area contributed by atoms with E-state index in [0.29, 0.717) is 6.61 Å². The maximum Gasteiger partial charge on any atom is 0.134 e. The zero-order valence-electron chi connectivity index (χ0n) is 10.9. The summed E-state index contributed by atoms with van der Waals surface area (Å²) in [6.07, 6.45) is 3.58. The van der Waals surface area contributed by atoms with Gasteiger partial charge < -0.3 is 15.4 Å². The predicted molar refractivity (Wildman–Crippen MR) is 70.6 cm³/mol. The molecule has 96 valence electrons. The standard InChI is InChI=1S/C12H22N4O/c1-4-6-13-11-10(5-2)12(16-9-15-11)14-7-8-17-3/h9H,4-8H2,1-3H3,(H2,13,14,15,16). The fraction of sp³-hybridized carbons (Fsp3) is 0.667. The number of methoxy groups -OCH3 is 1. The summed E-state index contributed by atoms with van der Waals surface area (Å²) in [5.41, 5.74) is 1.14. The number of nitrogens with one attached hydrogen (secondary N) is 2. The molecule has 1 aromatic heterocycles. The third-order valence-electron chi connectivity index (χ3n) is 2.44. The third-order valence-corrected chi connectivity index (χ3v) is 2.44. The van der Waals surface area contributed by atoms with Crippen molar-refractivity contribution in [2.24, 2.45) is 0 Å². The van der Waals surface area contributed by atoms with Crippen LogP contribution in [0.15, 0.2) is 6.33 Å². The van der Waals surface area contributed by atoms with E-state index in [9.17, 15) is 0 Å². The molecular weight excluding hydrogens is 216 g/mol. The Kier molecular flexibility index (Phi) is 6.32. The number of anilines is 2. The van der Waals surface area contributed by atoms with Crippen molar-refractivity contribution in [2.75, 3.05) is 37.4 Å². The Labute approximate surface area is 103 Å². The fourth-order valence-corrected chi connectivity index (χ4v) is 1.57. The lowest BCUT2D eigenvalue weighted by molar-refractivity contribution is 0.210. The topological polar surface area (TPSA) is 59.1 Å². The van der Waals surface area contributed by atoms with Gasteiger partial charge in [-0.1, -0.05) is 13.8 Å². The third kappa shape index (κ3) is 4.19. The number of nitrogens with zero attached hydrogens (tertiary/aromatic N) is 2. The molecule has 0 aromatic carbocycles. The Balaban J connectivity index is 2.74. The Morgan fingerprint density at radius 3 is 2.29 bits per heavy atom. The van der Waals surface area contributed by atoms with Crippen LogP contribution in [0.1, 0.15) is 25.8 Å². The first kappa shape index (κ1) is 13.7. The van der Waals surface area contributed by atoms with Gasteiger partial charge in [0.2, 0.25) is 0 Å². The van der Waals surface area contributed by atoms with Crippen LogP contribution in [0.25, 0.3) is 0 Å². The molecule has 0 amide bonds. The van der Waals surface area contributed by atoms with Gasteiger partial charge >= 0.3 is 0 Å². The van der Waals surface area contributed by atoms with Crippen LogP contribution in [-0.2, 0) is 11.2 Å². The molecule has 1 aromatic rings. The largest absolute Gasteiger partial charge is 0.383 e. The van der Waals surface area contributed by atoms with Crippen molar-refractivity contribution in [3.8, 4) is 0 Å². The van der Waals surface area contributed by atoms with Gasteiger partial charge in [0.25, 0.3) is 0 Å². The highest BCUT2D eigenvalue weighted by Crippen LogP contribution is 2.20. The van der Waals surface area contributed by atoms with Crippen molar-refractivity contribution in [2.45, 2.75) is 26.7 Å². The van der Waals surface area contributed by atoms with E-state index in [2.05, 4.69) is 34.4 Å². The highest BCUT2D eigenvalue weighted by atomic mass is 16.5. The molecule has 0 atom stereocenters. The smallest absolute Gasteiger partial charge is 0.134 e. The first-order chi connectivity index (χ1) is 8.33. The summed E-state index contributed by atoms with van der Waals surface area (Å²) >= 11 is 0. The molecule has 0 spiro atoms. The molecule has 2 N–H and O–H groups in total. The molecule has 1 rings (SSSR count). The monoisotopic (exact) mass is 238 g/mol. The predicted octanol–water partition coefficient (Wildman–Crippen LogP) is 1.92. The molecule has 0 fully saturated rings. The quantitative estimate of drug-likeness (QED) is 0.678. The Morgan fingerprint density at radius 1 is 1.12 bits per heavy atom. The maximum absolute atomic E-state index is 5.01. The zero-order valence-corrected chi connectivity index (χ0v) is 10.9. The Hall–Kier alpha value is -1.36. The Morgan fingerprint density at radius 2 is 1.76 bits per heavy atom. The van der Waals surface area contributed by atoms with Gasteiger partial charge in [0.1, 0.15) is 18.0 Å². The summed E-state index contributed by atoms with van der Waals surface area (Å²) in [5.74, 6) is 1.84. The lowest BCUT2D eigenvalue weighted by atomic mass is 10.2. The van der Waals surface area contributed by atoms with E-state index in [1.54, 1.807) is 13.4 Å². The molecule has 5 heteroatoms. The molecule has 0 aliphatic rings. The molecule has 0 radical (unpaired) electrons. The van der Waals surface area contributed by atoms with Crippen LogP contribution in [0.4, 0.5) is 11.6 Å². The molecule has 1 heterocycles. The summed E-state index contributed by atoms with van der Waals surface area (Å²) in [6.45, 7) is 6.61. The number of aromatic nitrogens is 2. The minimum atomic E-state index is 0.672. The molecule has 0 bridgehead atoms. The van der Waals surface area contributed by atoms with Crippen molar-refractivity contribution in [3.63, 3.8) is 0 Å². The lowest BCUT2D eigenvalue weighted by Gasteiger charge is -2.13. The van der Waals surface area contributed by atoms with Crippen LogP contribution in [0.3, 0.4) is 0 Å². The van der Waals surface area contributed by atoms with Crippen molar-refractivity contribution in [3.05, 3.63) is 11.9 Å². The summed E-state index contributed by atoms with van der Waals surface area (Å²) in [5, 5.41) is 6.59. The van der Waals surface area contributed by atoms with Gasteiger partial charge in [-0.3, -0.25) is 0 Å². The second-order valence-corrected chi connectivity index (χ2v) is 3.75. The van der Waals surface area contributed by atoms with Gasteiger partial charge in [-0.2, -0.15) is 0 Å². The molecule has 0 unspecified atom stereocenters. The highest BCUT2D eigenvalue weighted by Gasteiger charge is 2.08. The number of rotatable bonds is 8. The second-order valence-electron chi connectivity index (χ2n) is 3.75. The Bertz CT molecular complexity index is 330. The van der Waals surface area contributed by atoms with Crippen molar-refractivity contribution in [1.29, 1.82) is 0 Å². The minimum Gasteiger partial charge on any atom is -0.383 e. The maximum atomic E-state index is 5.01. The SMILES string of the molecule is CCCNc1ncnc(NCCOC)c1CC. The van der Waals surface area contributed by atoms with E-state index >= 15 is 0 Å². The van der Waals surface area contributed by atoms with Gasteiger partial charge in [0.05, 0.1) is 6.61 Å². The number of ether oxygens (including phenoxy) is 1. The van der Waals surface area contributed by atoms with Gasteiger partial charge in [0.15, 0.2) is 0 Å². The van der Waals surface area contributed by atoms with E-state index in [-0.39, 0.29) is 0 Å². The van der Waals surface area contributed by atoms with Gasteiger partial charge in [-0.05, 0) is 12.8 Å². The minimum absolute atomic E-state index is 0.672. The lowest BCUT2D eigenvalue weighted by Crippen LogP contribution is -2.13. The molecule has 0 saturated heterocycles. The summed E-state index contributed by atoms with van der Waals surface area (Å²) in [6, 6.07) is 0. The zero-order chi connectivity index (χ0) is 12.5. The van der Waals surface area contributed by atoms with Gasteiger partial charge in [0, 0.05) is 25.8 Å². The van der Waals surface area contributed by atoms with Crippen LogP contribution in [0, 0.1) is 0 Å². The average Bonchev–Trinajstić information content (AvgIpc) is 2.36. The van der Waals surface area contributed by atoms with Crippen LogP contribution in [-0.4, -0.2) is 36.8 Å². The van der Waals surface area contributed by atoms with Crippen LogP contribution in [0.2, 0.25) is 0 Å². The molecule has 5 nitrogen and oxygen atoms in total. The van der Waals surface area contributed by atoms with Crippen molar-refractivity contribution >= 4 is 11.6 Å². The van der Waals surface area contributed by atoms with Crippen molar-refractivity contribution in [1.82, 2.24) is 9.97 Å². The average molecular weight is 238 g/mol. The van der Waals surface area contributed by atoms with E-state index in [1.165, 1.54) is 0 Å². The first-order valence-electron chi connectivity index (χ1n) is 6.14.